The third kappa shape index (κ3) is 4.73. The van der Waals surface area contributed by atoms with Crippen molar-refractivity contribution in [2.24, 2.45) is 0 Å². The van der Waals surface area contributed by atoms with Gasteiger partial charge in [-0.05, 0) is 37.1 Å². The van der Waals surface area contributed by atoms with Crippen LogP contribution in [0.1, 0.15) is 18.4 Å². The van der Waals surface area contributed by atoms with Gasteiger partial charge in [-0.3, -0.25) is 4.90 Å². The zero-order valence-electron chi connectivity index (χ0n) is 16.4. The number of nitrogens with one attached hydrogen (secondary N) is 2. The first-order chi connectivity index (χ1) is 14.9. The van der Waals surface area contributed by atoms with Gasteiger partial charge in [0, 0.05) is 18.7 Å². The summed E-state index contributed by atoms with van der Waals surface area (Å²) in [6, 6.07) is 7.92. The molecule has 160 valence electrons. The van der Waals surface area contributed by atoms with Crippen molar-refractivity contribution in [2.75, 3.05) is 28.6 Å². The topological polar surface area (TPSA) is 83.0 Å². The SMILES string of the molecule is O=C(Nc1cncnc1)N1CCCCNc2ccc(-c3cccc(C(F)(F)F)c3)nc21. The molecular formula is C21H19F3N6O. The van der Waals surface area contributed by atoms with E-state index in [-0.39, 0.29) is 0 Å². The van der Waals surface area contributed by atoms with E-state index in [4.69, 9.17) is 0 Å². The van der Waals surface area contributed by atoms with Crippen molar-refractivity contribution in [3.05, 3.63) is 60.7 Å². The van der Waals surface area contributed by atoms with Crippen LogP contribution in [0.5, 0.6) is 0 Å². The molecule has 0 saturated heterocycles. The molecule has 0 spiro atoms. The molecule has 1 aromatic carbocycles. The Hall–Kier alpha value is -3.69. The molecule has 2 aromatic heterocycles. The van der Waals surface area contributed by atoms with Crippen molar-refractivity contribution in [3.63, 3.8) is 0 Å². The maximum absolute atomic E-state index is 13.1. The largest absolute Gasteiger partial charge is 0.416 e. The zero-order valence-corrected chi connectivity index (χ0v) is 16.4. The number of halogens is 3. The van der Waals surface area contributed by atoms with Gasteiger partial charge in [-0.1, -0.05) is 12.1 Å². The fourth-order valence-electron chi connectivity index (χ4n) is 3.28. The van der Waals surface area contributed by atoms with Gasteiger partial charge in [-0.2, -0.15) is 13.2 Å². The standard InChI is InChI=1S/C21H19F3N6O/c22-21(23,24)15-5-3-4-14(10-15)17-6-7-18-19(29-17)30(9-2-1-8-27-18)20(31)28-16-11-25-13-26-12-16/h3-7,10-13,27H,1-2,8-9H2,(H,28,31). The molecule has 0 radical (unpaired) electrons. The Morgan fingerprint density at radius 2 is 1.90 bits per heavy atom. The molecule has 0 bridgehead atoms. The second kappa shape index (κ2) is 8.58. The quantitative estimate of drug-likeness (QED) is 0.613. The Morgan fingerprint density at radius 1 is 1.10 bits per heavy atom. The van der Waals surface area contributed by atoms with E-state index >= 15 is 0 Å². The number of amides is 2. The van der Waals surface area contributed by atoms with Crippen LogP contribution in [0.15, 0.2) is 55.1 Å². The predicted molar refractivity (Wildman–Crippen MR) is 111 cm³/mol. The van der Waals surface area contributed by atoms with E-state index in [2.05, 4.69) is 25.6 Å². The van der Waals surface area contributed by atoms with Crippen molar-refractivity contribution in [2.45, 2.75) is 19.0 Å². The molecule has 2 amide bonds. The lowest BCUT2D eigenvalue weighted by molar-refractivity contribution is -0.137. The number of fused-ring (bicyclic) bond motifs is 1. The van der Waals surface area contributed by atoms with Gasteiger partial charge in [0.1, 0.15) is 6.33 Å². The highest BCUT2D eigenvalue weighted by molar-refractivity contribution is 6.03. The Labute approximate surface area is 176 Å². The lowest BCUT2D eigenvalue weighted by Gasteiger charge is -2.27. The van der Waals surface area contributed by atoms with Crippen molar-refractivity contribution < 1.29 is 18.0 Å². The van der Waals surface area contributed by atoms with Gasteiger partial charge in [0.2, 0.25) is 0 Å². The fourth-order valence-corrected chi connectivity index (χ4v) is 3.28. The molecule has 7 nitrogen and oxygen atoms in total. The van der Waals surface area contributed by atoms with E-state index < -0.39 is 17.8 Å². The number of carbonyl (C=O) groups excluding carboxylic acids is 1. The van der Waals surface area contributed by atoms with Gasteiger partial charge < -0.3 is 10.6 Å². The lowest BCUT2D eigenvalue weighted by Crippen LogP contribution is -2.38. The Balaban J connectivity index is 1.71. The number of rotatable bonds is 2. The van der Waals surface area contributed by atoms with Crippen LogP contribution in [0, 0.1) is 0 Å². The number of benzene rings is 1. The summed E-state index contributed by atoms with van der Waals surface area (Å²) < 4.78 is 39.4. The molecule has 0 saturated carbocycles. The highest BCUT2D eigenvalue weighted by Crippen LogP contribution is 2.34. The van der Waals surface area contributed by atoms with Gasteiger partial charge >= 0.3 is 12.2 Å². The highest BCUT2D eigenvalue weighted by atomic mass is 19.4. The summed E-state index contributed by atoms with van der Waals surface area (Å²) >= 11 is 0. The molecule has 0 aliphatic carbocycles. The van der Waals surface area contributed by atoms with Crippen LogP contribution in [-0.2, 0) is 6.18 Å². The number of aromatic nitrogens is 3. The average Bonchev–Trinajstić information content (AvgIpc) is 2.74. The van der Waals surface area contributed by atoms with E-state index in [0.29, 0.717) is 41.5 Å². The second-order valence-corrected chi connectivity index (χ2v) is 6.99. The number of nitrogens with zero attached hydrogens (tertiary/aromatic N) is 4. The Morgan fingerprint density at radius 3 is 2.68 bits per heavy atom. The average molecular weight is 428 g/mol. The molecule has 0 unspecified atom stereocenters. The lowest BCUT2D eigenvalue weighted by atomic mass is 10.1. The van der Waals surface area contributed by atoms with Gasteiger partial charge in [0.15, 0.2) is 5.82 Å². The third-order valence-corrected chi connectivity index (χ3v) is 4.80. The van der Waals surface area contributed by atoms with E-state index in [1.165, 1.54) is 29.7 Å². The van der Waals surface area contributed by atoms with Crippen LogP contribution in [-0.4, -0.2) is 34.1 Å². The minimum atomic E-state index is -4.45. The van der Waals surface area contributed by atoms with E-state index in [9.17, 15) is 18.0 Å². The van der Waals surface area contributed by atoms with Gasteiger partial charge in [-0.25, -0.2) is 19.7 Å². The normalized spacial score (nSPS) is 14.1. The summed E-state index contributed by atoms with van der Waals surface area (Å²) in [5, 5.41) is 5.97. The first-order valence-electron chi connectivity index (χ1n) is 9.68. The molecule has 3 aromatic rings. The van der Waals surface area contributed by atoms with Crippen LogP contribution < -0.4 is 15.5 Å². The van der Waals surface area contributed by atoms with Crippen molar-refractivity contribution in [3.8, 4) is 11.3 Å². The summed E-state index contributed by atoms with van der Waals surface area (Å²) in [7, 11) is 0. The molecule has 1 aliphatic heterocycles. The van der Waals surface area contributed by atoms with E-state index in [1.54, 1.807) is 18.2 Å². The van der Waals surface area contributed by atoms with Crippen molar-refractivity contribution >= 4 is 23.2 Å². The number of hydrogen-bond donors (Lipinski definition) is 2. The first-order valence-corrected chi connectivity index (χ1v) is 9.68. The number of carbonyl (C=O) groups is 1. The molecular weight excluding hydrogens is 409 g/mol. The van der Waals surface area contributed by atoms with Gasteiger partial charge in [-0.15, -0.1) is 0 Å². The minimum absolute atomic E-state index is 0.316. The maximum atomic E-state index is 13.1. The Kier molecular flexibility index (Phi) is 5.70. The number of alkyl halides is 3. The molecule has 3 heterocycles. The summed E-state index contributed by atoms with van der Waals surface area (Å²) in [4.78, 5) is 26.8. The number of hydrogen-bond acceptors (Lipinski definition) is 5. The summed E-state index contributed by atoms with van der Waals surface area (Å²) in [5.41, 5.74) is 0.966. The summed E-state index contributed by atoms with van der Waals surface area (Å²) in [6.07, 6.45) is 1.44. The zero-order chi connectivity index (χ0) is 21.8. The Bertz CT molecular complexity index is 1070. The van der Waals surface area contributed by atoms with E-state index in [1.807, 2.05) is 0 Å². The summed E-state index contributed by atoms with van der Waals surface area (Å²) in [5.74, 6) is 0.351. The van der Waals surface area contributed by atoms with Crippen molar-refractivity contribution in [1.29, 1.82) is 0 Å². The molecule has 31 heavy (non-hydrogen) atoms. The molecule has 10 heteroatoms. The molecule has 1 aliphatic rings. The van der Waals surface area contributed by atoms with Crippen LogP contribution in [0.4, 0.5) is 35.2 Å². The number of anilines is 3. The molecule has 0 fully saturated rings. The smallest absolute Gasteiger partial charge is 0.382 e. The van der Waals surface area contributed by atoms with Crippen molar-refractivity contribution in [1.82, 2.24) is 15.0 Å². The monoisotopic (exact) mass is 428 g/mol. The van der Waals surface area contributed by atoms with E-state index in [0.717, 1.165) is 25.0 Å². The maximum Gasteiger partial charge on any atom is 0.416 e. The third-order valence-electron chi connectivity index (χ3n) is 4.80. The van der Waals surface area contributed by atoms with Gasteiger partial charge in [0.25, 0.3) is 0 Å². The molecule has 4 rings (SSSR count). The van der Waals surface area contributed by atoms with Crippen LogP contribution in [0.25, 0.3) is 11.3 Å². The van der Waals surface area contributed by atoms with Gasteiger partial charge in [0.05, 0.1) is 35.0 Å². The summed E-state index contributed by atoms with van der Waals surface area (Å²) in [6.45, 7) is 1.12. The van der Waals surface area contributed by atoms with Crippen LogP contribution >= 0.6 is 0 Å². The molecule has 0 atom stereocenters. The van der Waals surface area contributed by atoms with Crippen LogP contribution in [0.2, 0.25) is 0 Å². The second-order valence-electron chi connectivity index (χ2n) is 6.99. The predicted octanol–water partition coefficient (Wildman–Crippen LogP) is 4.80. The number of urea groups is 1. The highest BCUT2D eigenvalue weighted by Gasteiger charge is 2.30. The fraction of sp³-hybridized carbons (Fsp3) is 0.238. The van der Waals surface area contributed by atoms with Crippen LogP contribution in [0.3, 0.4) is 0 Å². The first kappa shape index (κ1) is 20.6. The minimum Gasteiger partial charge on any atom is -0.382 e. The number of pyridine rings is 1. The molecule has 2 N–H and O–H groups in total.